The summed E-state index contributed by atoms with van der Waals surface area (Å²) < 4.78 is 5.24. The number of benzene rings is 2. The molecule has 6 nitrogen and oxygen atoms in total. The van der Waals surface area contributed by atoms with E-state index in [1.165, 1.54) is 0 Å². The lowest BCUT2D eigenvalue weighted by Gasteiger charge is -2.23. The molecular formula is C21H28ClN3O3. The van der Waals surface area contributed by atoms with Crippen molar-refractivity contribution in [1.29, 1.82) is 0 Å². The van der Waals surface area contributed by atoms with Crippen molar-refractivity contribution in [2.24, 2.45) is 5.73 Å². The Labute approximate surface area is 172 Å². The second-order valence-electron chi connectivity index (χ2n) is 6.29. The number of carbonyl (C=O) groups is 2. The highest BCUT2D eigenvalue weighted by Crippen LogP contribution is 2.23. The van der Waals surface area contributed by atoms with Crippen molar-refractivity contribution in [3.63, 3.8) is 0 Å². The Hall–Kier alpha value is -2.57. The minimum absolute atomic E-state index is 0. The van der Waals surface area contributed by atoms with Crippen molar-refractivity contribution in [3.05, 3.63) is 60.2 Å². The van der Waals surface area contributed by atoms with Crippen molar-refractivity contribution in [2.45, 2.75) is 25.8 Å². The number of para-hydroxylation sites is 2. The average molecular weight is 406 g/mol. The number of nitrogens with one attached hydrogen (secondary N) is 1. The first kappa shape index (κ1) is 23.5. The largest absolute Gasteiger partial charge is 0.495 e. The third kappa shape index (κ3) is 6.87. The summed E-state index contributed by atoms with van der Waals surface area (Å²) in [7, 11) is 1.54. The molecule has 0 aliphatic carbocycles. The molecule has 0 heterocycles. The van der Waals surface area contributed by atoms with Crippen LogP contribution in [-0.2, 0) is 9.59 Å². The quantitative estimate of drug-likeness (QED) is 0.669. The summed E-state index contributed by atoms with van der Waals surface area (Å²) in [6.45, 7) is 2.45. The highest BCUT2D eigenvalue weighted by atomic mass is 35.5. The van der Waals surface area contributed by atoms with Crippen molar-refractivity contribution >= 4 is 29.9 Å². The SMILES string of the molecule is CCCN(CC(=O)Nc1ccccc1OC)C(=O)CC(N)c1ccccc1.Cl. The van der Waals surface area contributed by atoms with Crippen LogP contribution in [0.25, 0.3) is 0 Å². The smallest absolute Gasteiger partial charge is 0.244 e. The lowest BCUT2D eigenvalue weighted by molar-refractivity contribution is -0.135. The molecular weight excluding hydrogens is 378 g/mol. The van der Waals surface area contributed by atoms with E-state index in [9.17, 15) is 9.59 Å². The molecule has 0 bridgehead atoms. The Balaban J connectivity index is 0.00000392. The van der Waals surface area contributed by atoms with Crippen molar-refractivity contribution in [1.82, 2.24) is 4.90 Å². The van der Waals surface area contributed by atoms with Gasteiger partial charge in [-0.3, -0.25) is 9.59 Å². The zero-order valence-corrected chi connectivity index (χ0v) is 17.1. The Kier molecular flexibility index (Phi) is 10.1. The molecule has 2 aromatic carbocycles. The fourth-order valence-electron chi connectivity index (χ4n) is 2.81. The van der Waals surface area contributed by atoms with Gasteiger partial charge in [-0.05, 0) is 24.1 Å². The van der Waals surface area contributed by atoms with E-state index in [0.717, 1.165) is 12.0 Å². The number of nitrogens with two attached hydrogens (primary N) is 1. The third-order valence-corrected chi connectivity index (χ3v) is 4.18. The Bertz CT molecular complexity index is 756. The van der Waals surface area contributed by atoms with Gasteiger partial charge >= 0.3 is 0 Å². The summed E-state index contributed by atoms with van der Waals surface area (Å²) in [5.41, 5.74) is 7.64. The molecule has 0 aliphatic heterocycles. The number of hydrogen-bond donors (Lipinski definition) is 2. The number of anilines is 1. The number of hydrogen-bond acceptors (Lipinski definition) is 4. The highest BCUT2D eigenvalue weighted by molar-refractivity contribution is 5.95. The molecule has 1 atom stereocenters. The monoisotopic (exact) mass is 405 g/mol. The molecule has 2 rings (SSSR count). The molecule has 1 unspecified atom stereocenters. The third-order valence-electron chi connectivity index (χ3n) is 4.18. The maximum atomic E-state index is 12.7. The van der Waals surface area contributed by atoms with Crippen LogP contribution in [0.4, 0.5) is 5.69 Å². The van der Waals surface area contributed by atoms with Crippen LogP contribution in [0.3, 0.4) is 0 Å². The first-order chi connectivity index (χ1) is 13.0. The molecule has 152 valence electrons. The summed E-state index contributed by atoms with van der Waals surface area (Å²) in [5.74, 6) is 0.170. The maximum absolute atomic E-state index is 12.7. The van der Waals surface area contributed by atoms with E-state index in [4.69, 9.17) is 10.5 Å². The van der Waals surface area contributed by atoms with Crippen LogP contribution < -0.4 is 15.8 Å². The number of rotatable bonds is 9. The Morgan fingerprint density at radius 3 is 2.39 bits per heavy atom. The molecule has 0 saturated heterocycles. The molecule has 0 fully saturated rings. The van der Waals surface area contributed by atoms with Gasteiger partial charge in [-0.2, -0.15) is 0 Å². The van der Waals surface area contributed by atoms with E-state index in [0.29, 0.717) is 18.0 Å². The van der Waals surface area contributed by atoms with Gasteiger partial charge in [0.1, 0.15) is 5.75 Å². The van der Waals surface area contributed by atoms with E-state index in [1.54, 1.807) is 24.1 Å². The van der Waals surface area contributed by atoms with Crippen LogP contribution in [-0.4, -0.2) is 36.9 Å². The van der Waals surface area contributed by atoms with Crippen LogP contribution in [0, 0.1) is 0 Å². The minimum Gasteiger partial charge on any atom is -0.495 e. The van der Waals surface area contributed by atoms with E-state index in [-0.39, 0.29) is 37.2 Å². The van der Waals surface area contributed by atoms with Crippen LogP contribution in [0.2, 0.25) is 0 Å². The molecule has 0 aromatic heterocycles. The minimum atomic E-state index is -0.393. The molecule has 28 heavy (non-hydrogen) atoms. The van der Waals surface area contributed by atoms with Crippen LogP contribution in [0.5, 0.6) is 5.75 Å². The fourth-order valence-corrected chi connectivity index (χ4v) is 2.81. The first-order valence-electron chi connectivity index (χ1n) is 9.06. The molecule has 0 saturated carbocycles. The molecule has 0 spiro atoms. The maximum Gasteiger partial charge on any atom is 0.244 e. The highest BCUT2D eigenvalue weighted by Gasteiger charge is 2.20. The van der Waals surface area contributed by atoms with Crippen molar-refractivity contribution in [3.8, 4) is 5.75 Å². The molecule has 0 aliphatic rings. The second-order valence-corrected chi connectivity index (χ2v) is 6.29. The van der Waals surface area contributed by atoms with Gasteiger partial charge in [-0.15, -0.1) is 12.4 Å². The molecule has 7 heteroatoms. The van der Waals surface area contributed by atoms with Crippen LogP contribution in [0.15, 0.2) is 54.6 Å². The molecule has 2 aromatic rings. The Morgan fingerprint density at radius 1 is 1.11 bits per heavy atom. The first-order valence-corrected chi connectivity index (χ1v) is 9.06. The number of nitrogens with zero attached hydrogens (tertiary/aromatic N) is 1. The second kappa shape index (κ2) is 12.0. The Morgan fingerprint density at radius 2 is 1.75 bits per heavy atom. The fraction of sp³-hybridized carbons (Fsp3) is 0.333. The van der Waals surface area contributed by atoms with Gasteiger partial charge in [0, 0.05) is 19.0 Å². The number of methoxy groups -OCH3 is 1. The molecule has 0 radical (unpaired) electrons. The standard InChI is InChI=1S/C21H27N3O3.ClH/c1-3-13-24(21(26)14-17(22)16-9-5-4-6-10-16)15-20(25)23-18-11-7-8-12-19(18)27-2;/h4-12,17H,3,13-15,22H2,1-2H3,(H,23,25);1H. The van der Waals surface area contributed by atoms with Crippen LogP contribution >= 0.6 is 12.4 Å². The summed E-state index contributed by atoms with van der Waals surface area (Å²) in [6.07, 6.45) is 0.917. The van der Waals surface area contributed by atoms with Gasteiger partial charge in [0.05, 0.1) is 19.3 Å². The average Bonchev–Trinajstić information content (AvgIpc) is 2.68. The van der Waals surface area contributed by atoms with Gasteiger partial charge in [-0.25, -0.2) is 0 Å². The van der Waals surface area contributed by atoms with Crippen molar-refractivity contribution in [2.75, 3.05) is 25.5 Å². The van der Waals surface area contributed by atoms with Crippen LogP contribution in [0.1, 0.15) is 31.4 Å². The summed E-state index contributed by atoms with van der Waals surface area (Å²) >= 11 is 0. The van der Waals surface area contributed by atoms with Crippen molar-refractivity contribution < 1.29 is 14.3 Å². The summed E-state index contributed by atoms with van der Waals surface area (Å²) in [6, 6.07) is 16.3. The van der Waals surface area contributed by atoms with Gasteiger partial charge in [0.25, 0.3) is 0 Å². The summed E-state index contributed by atoms with van der Waals surface area (Å²) in [5, 5.41) is 2.80. The normalized spacial score (nSPS) is 11.1. The number of carbonyl (C=O) groups excluding carboxylic acids is 2. The van der Waals surface area contributed by atoms with E-state index < -0.39 is 6.04 Å². The van der Waals surface area contributed by atoms with Gasteiger partial charge in [0.15, 0.2) is 0 Å². The predicted molar refractivity (Wildman–Crippen MR) is 114 cm³/mol. The van der Waals surface area contributed by atoms with E-state index in [1.807, 2.05) is 49.4 Å². The lowest BCUT2D eigenvalue weighted by atomic mass is 10.0. The van der Waals surface area contributed by atoms with E-state index >= 15 is 0 Å². The van der Waals surface area contributed by atoms with Gasteiger partial charge in [0.2, 0.25) is 11.8 Å². The number of ether oxygens (including phenoxy) is 1. The van der Waals surface area contributed by atoms with E-state index in [2.05, 4.69) is 5.32 Å². The van der Waals surface area contributed by atoms with Gasteiger partial charge < -0.3 is 20.7 Å². The topological polar surface area (TPSA) is 84.7 Å². The zero-order valence-electron chi connectivity index (χ0n) is 16.3. The summed E-state index contributed by atoms with van der Waals surface area (Å²) in [4.78, 5) is 26.7. The number of halogens is 1. The number of amides is 2. The zero-order chi connectivity index (χ0) is 19.6. The molecule has 3 N–H and O–H groups in total. The van der Waals surface area contributed by atoms with Gasteiger partial charge in [-0.1, -0.05) is 49.4 Å². The molecule has 2 amide bonds. The predicted octanol–water partition coefficient (Wildman–Crippen LogP) is 3.38. The lowest BCUT2D eigenvalue weighted by Crippen LogP contribution is -2.39.